The van der Waals surface area contributed by atoms with Gasteiger partial charge in [-0.25, -0.2) is 12.7 Å². The molecule has 1 heterocycles. The molecule has 3 rings (SSSR count). The van der Waals surface area contributed by atoms with Gasteiger partial charge in [0.25, 0.3) is 0 Å². The van der Waals surface area contributed by atoms with Crippen molar-refractivity contribution in [1.82, 2.24) is 19.1 Å². The minimum atomic E-state index is -3.45. The van der Waals surface area contributed by atoms with Crippen LogP contribution in [0, 0.1) is 0 Å². The Hall–Kier alpha value is -2.16. The Bertz CT molecular complexity index is 1130. The molecule has 0 unspecified atom stereocenters. The largest absolute Gasteiger partial charge is 0.305 e. The number of thioether (sulfide) groups is 1. The Morgan fingerprint density at radius 3 is 2.30 bits per heavy atom. The smallest absolute Gasteiger partial charge is 0.242 e. The first-order valence-corrected chi connectivity index (χ1v) is 12.1. The molecule has 0 N–H and O–H groups in total. The lowest BCUT2D eigenvalue weighted by atomic mass is 9.87. The van der Waals surface area contributed by atoms with Crippen molar-refractivity contribution >= 4 is 21.8 Å². The van der Waals surface area contributed by atoms with E-state index >= 15 is 0 Å². The van der Waals surface area contributed by atoms with Crippen molar-refractivity contribution in [3.05, 3.63) is 59.7 Å². The van der Waals surface area contributed by atoms with Crippen LogP contribution in [0.15, 0.2) is 58.6 Å². The highest BCUT2D eigenvalue weighted by Crippen LogP contribution is 2.28. The third-order valence-electron chi connectivity index (χ3n) is 4.89. The predicted octanol–water partition coefficient (Wildman–Crippen LogP) is 4.32. The molecule has 1 aromatic heterocycles. The average molecular weight is 445 g/mol. The van der Waals surface area contributed by atoms with Gasteiger partial charge in [-0.1, -0.05) is 68.9 Å². The number of sulfonamides is 1. The third-order valence-corrected chi connectivity index (χ3v) is 7.79. The van der Waals surface area contributed by atoms with E-state index in [2.05, 4.69) is 55.2 Å². The van der Waals surface area contributed by atoms with Crippen molar-refractivity contribution < 1.29 is 8.42 Å². The highest BCUT2D eigenvalue weighted by atomic mass is 32.2. The molecule has 0 amide bonds. The quantitative estimate of drug-likeness (QED) is 0.530. The summed E-state index contributed by atoms with van der Waals surface area (Å²) in [7, 11) is 1.57. The lowest BCUT2D eigenvalue weighted by Crippen LogP contribution is -2.22. The molecule has 0 bridgehead atoms. The minimum Gasteiger partial charge on any atom is -0.305 e. The van der Waals surface area contributed by atoms with Crippen molar-refractivity contribution in [2.75, 3.05) is 14.1 Å². The summed E-state index contributed by atoms with van der Waals surface area (Å²) in [6, 6.07) is 15.4. The van der Waals surface area contributed by atoms with Gasteiger partial charge in [0.05, 0.1) is 4.90 Å². The summed E-state index contributed by atoms with van der Waals surface area (Å²) in [5.41, 5.74) is 3.31. The van der Waals surface area contributed by atoms with Gasteiger partial charge in [-0.2, -0.15) is 0 Å². The summed E-state index contributed by atoms with van der Waals surface area (Å²) < 4.78 is 27.9. The van der Waals surface area contributed by atoms with Gasteiger partial charge in [-0.3, -0.25) is 0 Å². The first kappa shape index (κ1) is 22.5. The van der Waals surface area contributed by atoms with Gasteiger partial charge in [0.1, 0.15) is 0 Å². The Labute approximate surface area is 183 Å². The van der Waals surface area contributed by atoms with Crippen LogP contribution >= 0.6 is 11.8 Å². The Balaban J connectivity index is 1.77. The van der Waals surface area contributed by atoms with E-state index in [9.17, 15) is 8.42 Å². The summed E-state index contributed by atoms with van der Waals surface area (Å²) in [4.78, 5) is 0.295. The van der Waals surface area contributed by atoms with Gasteiger partial charge in [0, 0.05) is 32.5 Å². The van der Waals surface area contributed by atoms with Gasteiger partial charge >= 0.3 is 0 Å². The maximum Gasteiger partial charge on any atom is 0.242 e. The van der Waals surface area contributed by atoms with Crippen LogP contribution in [0.1, 0.15) is 31.9 Å². The van der Waals surface area contributed by atoms with E-state index in [1.807, 2.05) is 17.7 Å². The standard InChI is InChI=1S/C22H28N4O2S2/c1-22(2,3)18-12-10-17(11-13-18)20-23-24-21(26(20)6)29-15-16-8-7-9-19(14-16)30(27,28)25(4)5/h7-14H,15H2,1-6H3. The second-order valence-corrected chi connectivity index (χ2v) is 11.5. The van der Waals surface area contributed by atoms with Gasteiger partial charge in [0.2, 0.25) is 10.0 Å². The van der Waals surface area contributed by atoms with Crippen LogP contribution < -0.4 is 0 Å². The second kappa shape index (κ2) is 8.53. The molecule has 0 radical (unpaired) electrons. The summed E-state index contributed by atoms with van der Waals surface area (Å²) in [5.74, 6) is 1.41. The zero-order valence-electron chi connectivity index (χ0n) is 18.2. The summed E-state index contributed by atoms with van der Waals surface area (Å²) in [6.45, 7) is 6.58. The summed E-state index contributed by atoms with van der Waals surface area (Å²) in [6.07, 6.45) is 0. The van der Waals surface area contributed by atoms with Crippen LogP contribution in [0.2, 0.25) is 0 Å². The minimum absolute atomic E-state index is 0.105. The molecule has 30 heavy (non-hydrogen) atoms. The zero-order valence-corrected chi connectivity index (χ0v) is 19.9. The highest BCUT2D eigenvalue weighted by Gasteiger charge is 2.18. The van der Waals surface area contributed by atoms with Crippen LogP contribution in [-0.4, -0.2) is 41.6 Å². The van der Waals surface area contributed by atoms with Gasteiger partial charge in [0.15, 0.2) is 11.0 Å². The molecule has 0 saturated carbocycles. The molecule has 0 aliphatic carbocycles. The average Bonchev–Trinajstić information content (AvgIpc) is 3.06. The maximum atomic E-state index is 12.4. The lowest BCUT2D eigenvalue weighted by molar-refractivity contribution is 0.520. The summed E-state index contributed by atoms with van der Waals surface area (Å²) >= 11 is 1.53. The van der Waals surface area contributed by atoms with E-state index < -0.39 is 10.0 Å². The van der Waals surface area contributed by atoms with Crippen molar-refractivity contribution in [2.24, 2.45) is 7.05 Å². The maximum absolute atomic E-state index is 12.4. The molecule has 0 fully saturated rings. The van der Waals surface area contributed by atoms with Crippen molar-refractivity contribution in [2.45, 2.75) is 42.0 Å². The van der Waals surface area contributed by atoms with E-state index in [1.165, 1.54) is 35.7 Å². The van der Waals surface area contributed by atoms with E-state index in [0.717, 1.165) is 22.1 Å². The molecule has 2 aromatic carbocycles. The molecule has 0 aliphatic rings. The lowest BCUT2D eigenvalue weighted by Gasteiger charge is -2.19. The molecule has 0 spiro atoms. The normalized spacial score (nSPS) is 12.5. The molecular formula is C22H28N4O2S2. The van der Waals surface area contributed by atoms with Crippen LogP contribution in [0.5, 0.6) is 0 Å². The second-order valence-electron chi connectivity index (χ2n) is 8.42. The van der Waals surface area contributed by atoms with E-state index in [1.54, 1.807) is 18.2 Å². The monoisotopic (exact) mass is 444 g/mol. The molecule has 160 valence electrons. The van der Waals surface area contributed by atoms with Crippen LogP contribution in [0.4, 0.5) is 0 Å². The van der Waals surface area contributed by atoms with E-state index in [-0.39, 0.29) is 5.41 Å². The topological polar surface area (TPSA) is 68.1 Å². The molecular weight excluding hydrogens is 416 g/mol. The molecule has 8 heteroatoms. The number of nitrogens with zero attached hydrogens (tertiary/aromatic N) is 4. The first-order chi connectivity index (χ1) is 14.0. The number of benzene rings is 2. The van der Waals surface area contributed by atoms with Crippen molar-refractivity contribution in [3.8, 4) is 11.4 Å². The van der Waals surface area contributed by atoms with Crippen LogP contribution in [0.3, 0.4) is 0 Å². The fourth-order valence-electron chi connectivity index (χ4n) is 2.97. The fourth-order valence-corrected chi connectivity index (χ4v) is 4.79. The molecule has 0 aliphatic heterocycles. The molecule has 0 saturated heterocycles. The highest BCUT2D eigenvalue weighted by molar-refractivity contribution is 7.98. The van der Waals surface area contributed by atoms with Crippen molar-refractivity contribution in [3.63, 3.8) is 0 Å². The third kappa shape index (κ3) is 4.77. The van der Waals surface area contributed by atoms with Gasteiger partial charge in [-0.15, -0.1) is 10.2 Å². The van der Waals surface area contributed by atoms with Crippen LogP contribution in [0.25, 0.3) is 11.4 Å². The zero-order chi connectivity index (χ0) is 22.1. The predicted molar refractivity (Wildman–Crippen MR) is 122 cm³/mol. The molecule has 3 aromatic rings. The van der Waals surface area contributed by atoms with Crippen molar-refractivity contribution in [1.29, 1.82) is 0 Å². The van der Waals surface area contributed by atoms with E-state index in [0.29, 0.717) is 10.6 Å². The Kier molecular flexibility index (Phi) is 6.40. The van der Waals surface area contributed by atoms with Gasteiger partial charge < -0.3 is 4.57 Å². The summed E-state index contributed by atoms with van der Waals surface area (Å²) in [5, 5.41) is 9.47. The Morgan fingerprint density at radius 2 is 1.70 bits per heavy atom. The fraction of sp³-hybridized carbons (Fsp3) is 0.364. The first-order valence-electron chi connectivity index (χ1n) is 9.65. The van der Waals surface area contributed by atoms with E-state index in [4.69, 9.17) is 0 Å². The number of rotatable bonds is 6. The number of hydrogen-bond donors (Lipinski definition) is 0. The Morgan fingerprint density at radius 1 is 1.03 bits per heavy atom. The van der Waals surface area contributed by atoms with Crippen LogP contribution in [-0.2, 0) is 28.2 Å². The number of aromatic nitrogens is 3. The van der Waals surface area contributed by atoms with Gasteiger partial charge in [-0.05, 0) is 28.7 Å². The molecule has 6 nitrogen and oxygen atoms in total. The molecule has 0 atom stereocenters. The number of hydrogen-bond acceptors (Lipinski definition) is 5. The SMILES string of the molecule is CN(C)S(=O)(=O)c1cccc(CSc2nnc(-c3ccc(C(C)(C)C)cc3)n2C)c1.